The predicted molar refractivity (Wildman–Crippen MR) is 81.7 cm³/mol. The van der Waals surface area contributed by atoms with E-state index in [1.54, 1.807) is 0 Å². The standard InChI is InChI=1S/C15H15N3.ClH/c1-2-6-12(7-3-1)10-16-15-17-11-13-8-4-5-9-14(13)18-15;/h1-9H,10-11H2,(H2,16,17,18);1H. The van der Waals surface area contributed by atoms with E-state index in [9.17, 15) is 0 Å². The quantitative estimate of drug-likeness (QED) is 0.882. The molecule has 0 bridgehead atoms. The molecule has 2 aromatic carbocycles. The van der Waals surface area contributed by atoms with Gasteiger partial charge in [-0.2, -0.15) is 0 Å². The number of anilines is 1. The second kappa shape index (κ2) is 6.25. The maximum atomic E-state index is 4.48. The van der Waals surface area contributed by atoms with Crippen molar-refractivity contribution in [3.63, 3.8) is 0 Å². The molecule has 2 aromatic rings. The second-order valence-corrected chi connectivity index (χ2v) is 4.29. The molecule has 98 valence electrons. The minimum Gasteiger partial charge on any atom is -0.352 e. The average molecular weight is 274 g/mol. The van der Waals surface area contributed by atoms with Gasteiger partial charge in [-0.25, -0.2) is 4.99 Å². The first-order valence-electron chi connectivity index (χ1n) is 6.09. The van der Waals surface area contributed by atoms with Gasteiger partial charge in [-0.1, -0.05) is 48.5 Å². The molecule has 0 aromatic heterocycles. The summed E-state index contributed by atoms with van der Waals surface area (Å²) in [6, 6.07) is 18.6. The van der Waals surface area contributed by atoms with Gasteiger partial charge in [0.25, 0.3) is 0 Å². The van der Waals surface area contributed by atoms with Gasteiger partial charge >= 0.3 is 0 Å². The molecule has 2 N–H and O–H groups in total. The number of hydrogen-bond donors (Lipinski definition) is 2. The van der Waals surface area contributed by atoms with E-state index >= 15 is 0 Å². The first-order chi connectivity index (χ1) is 8.92. The second-order valence-electron chi connectivity index (χ2n) is 4.29. The summed E-state index contributed by atoms with van der Waals surface area (Å²) >= 11 is 0. The van der Waals surface area contributed by atoms with E-state index in [1.807, 2.05) is 30.3 Å². The summed E-state index contributed by atoms with van der Waals surface area (Å²) in [5, 5.41) is 6.62. The van der Waals surface area contributed by atoms with Gasteiger partial charge in [0.15, 0.2) is 5.96 Å². The molecule has 1 aliphatic rings. The first kappa shape index (κ1) is 13.4. The Bertz CT molecular complexity index is 567. The van der Waals surface area contributed by atoms with Gasteiger partial charge in [-0.15, -0.1) is 12.4 Å². The Morgan fingerprint density at radius 1 is 1.00 bits per heavy atom. The highest BCUT2D eigenvalue weighted by Crippen LogP contribution is 2.19. The van der Waals surface area contributed by atoms with Gasteiger partial charge in [0, 0.05) is 12.2 Å². The van der Waals surface area contributed by atoms with E-state index in [1.165, 1.54) is 11.1 Å². The lowest BCUT2D eigenvalue weighted by Gasteiger charge is -2.19. The van der Waals surface area contributed by atoms with Gasteiger partial charge < -0.3 is 10.6 Å². The molecular formula is C15H16ClN3. The molecule has 0 saturated heterocycles. The van der Waals surface area contributed by atoms with E-state index in [2.05, 4.69) is 39.9 Å². The van der Waals surface area contributed by atoms with Crippen molar-refractivity contribution in [2.75, 3.05) is 5.32 Å². The van der Waals surface area contributed by atoms with Crippen LogP contribution in [0.4, 0.5) is 5.69 Å². The van der Waals surface area contributed by atoms with E-state index < -0.39 is 0 Å². The summed E-state index contributed by atoms with van der Waals surface area (Å²) in [6.07, 6.45) is 0. The number of nitrogens with zero attached hydrogens (tertiary/aromatic N) is 1. The van der Waals surface area contributed by atoms with E-state index in [0.29, 0.717) is 0 Å². The fourth-order valence-electron chi connectivity index (χ4n) is 1.99. The van der Waals surface area contributed by atoms with Crippen molar-refractivity contribution < 1.29 is 0 Å². The zero-order chi connectivity index (χ0) is 12.2. The molecule has 3 nitrogen and oxygen atoms in total. The van der Waals surface area contributed by atoms with Crippen LogP contribution in [0, 0.1) is 0 Å². The number of guanidine groups is 1. The molecular weight excluding hydrogens is 258 g/mol. The number of fused-ring (bicyclic) bond motifs is 1. The molecule has 0 aliphatic carbocycles. The van der Waals surface area contributed by atoms with E-state index in [4.69, 9.17) is 0 Å². The summed E-state index contributed by atoms with van der Waals surface area (Å²) in [5.74, 6) is 0.845. The first-order valence-corrected chi connectivity index (χ1v) is 6.09. The molecule has 1 aliphatic heterocycles. The molecule has 3 rings (SSSR count). The summed E-state index contributed by atoms with van der Waals surface area (Å²) in [6.45, 7) is 1.52. The molecule has 0 unspecified atom stereocenters. The molecule has 0 spiro atoms. The normalized spacial score (nSPS) is 12.5. The number of halogens is 1. The average Bonchev–Trinajstić information content (AvgIpc) is 2.46. The van der Waals surface area contributed by atoms with Crippen LogP contribution in [0.5, 0.6) is 0 Å². The minimum absolute atomic E-state index is 0. The van der Waals surface area contributed by atoms with Crippen LogP contribution < -0.4 is 10.6 Å². The van der Waals surface area contributed by atoms with Crippen LogP contribution in [0.15, 0.2) is 59.6 Å². The van der Waals surface area contributed by atoms with Crippen molar-refractivity contribution in [3.8, 4) is 0 Å². The van der Waals surface area contributed by atoms with Gasteiger partial charge in [-0.3, -0.25) is 0 Å². The SMILES string of the molecule is Cl.c1ccc(CNC2=NCc3ccccc3N2)cc1. The van der Waals surface area contributed by atoms with Crippen molar-refractivity contribution in [2.45, 2.75) is 13.1 Å². The van der Waals surface area contributed by atoms with Crippen LogP contribution in [0.2, 0.25) is 0 Å². The lowest BCUT2D eigenvalue weighted by Crippen LogP contribution is -2.32. The predicted octanol–water partition coefficient (Wildman–Crippen LogP) is 3.18. The highest BCUT2D eigenvalue weighted by atomic mass is 35.5. The van der Waals surface area contributed by atoms with Crippen molar-refractivity contribution in [2.24, 2.45) is 4.99 Å². The Kier molecular flexibility index (Phi) is 4.42. The number of hydrogen-bond acceptors (Lipinski definition) is 3. The third-order valence-corrected chi connectivity index (χ3v) is 2.98. The van der Waals surface area contributed by atoms with Crippen LogP contribution in [-0.2, 0) is 13.1 Å². The Balaban J connectivity index is 0.00000133. The Morgan fingerprint density at radius 3 is 2.58 bits per heavy atom. The fraction of sp³-hybridized carbons (Fsp3) is 0.133. The summed E-state index contributed by atoms with van der Waals surface area (Å²) in [4.78, 5) is 4.48. The highest BCUT2D eigenvalue weighted by molar-refractivity contribution is 5.95. The Labute approximate surface area is 119 Å². The molecule has 0 atom stereocenters. The summed E-state index contributed by atoms with van der Waals surface area (Å²) in [7, 11) is 0. The van der Waals surface area contributed by atoms with Gasteiger partial charge in [0.2, 0.25) is 0 Å². The van der Waals surface area contributed by atoms with Gasteiger partial charge in [-0.05, 0) is 17.2 Å². The zero-order valence-electron chi connectivity index (χ0n) is 10.5. The highest BCUT2D eigenvalue weighted by Gasteiger charge is 2.09. The molecule has 0 amide bonds. The maximum Gasteiger partial charge on any atom is 0.196 e. The summed E-state index contributed by atoms with van der Waals surface area (Å²) in [5.41, 5.74) is 3.63. The van der Waals surface area contributed by atoms with Crippen LogP contribution in [0.25, 0.3) is 0 Å². The van der Waals surface area contributed by atoms with E-state index in [0.717, 1.165) is 24.7 Å². The Morgan fingerprint density at radius 2 is 1.74 bits per heavy atom. The fourth-order valence-corrected chi connectivity index (χ4v) is 1.99. The smallest absolute Gasteiger partial charge is 0.196 e. The monoisotopic (exact) mass is 273 g/mol. The summed E-state index contributed by atoms with van der Waals surface area (Å²) < 4.78 is 0. The number of para-hydroxylation sites is 1. The third-order valence-electron chi connectivity index (χ3n) is 2.98. The molecule has 4 heteroatoms. The molecule has 19 heavy (non-hydrogen) atoms. The van der Waals surface area contributed by atoms with Crippen molar-refractivity contribution >= 4 is 24.1 Å². The molecule has 1 heterocycles. The van der Waals surface area contributed by atoms with Crippen LogP contribution >= 0.6 is 12.4 Å². The lowest BCUT2D eigenvalue weighted by atomic mass is 10.1. The van der Waals surface area contributed by atoms with Crippen LogP contribution in [0.1, 0.15) is 11.1 Å². The lowest BCUT2D eigenvalue weighted by molar-refractivity contribution is 0.884. The molecule has 0 radical (unpaired) electrons. The number of rotatable bonds is 2. The largest absolute Gasteiger partial charge is 0.352 e. The van der Waals surface area contributed by atoms with Gasteiger partial charge in [0.05, 0.1) is 6.54 Å². The van der Waals surface area contributed by atoms with Gasteiger partial charge in [0.1, 0.15) is 0 Å². The van der Waals surface area contributed by atoms with Crippen LogP contribution in [-0.4, -0.2) is 5.96 Å². The van der Waals surface area contributed by atoms with Crippen molar-refractivity contribution in [1.82, 2.24) is 5.32 Å². The Hall–Kier alpha value is -2.00. The molecule has 0 saturated carbocycles. The number of aliphatic imine (C=N–C) groups is 1. The minimum atomic E-state index is 0. The third kappa shape index (κ3) is 3.26. The van der Waals surface area contributed by atoms with Crippen LogP contribution in [0.3, 0.4) is 0 Å². The number of nitrogens with one attached hydrogen (secondary N) is 2. The van der Waals surface area contributed by atoms with Crippen molar-refractivity contribution in [3.05, 3.63) is 65.7 Å². The molecule has 0 fully saturated rings. The number of benzene rings is 2. The van der Waals surface area contributed by atoms with E-state index in [-0.39, 0.29) is 12.4 Å². The zero-order valence-corrected chi connectivity index (χ0v) is 11.3. The van der Waals surface area contributed by atoms with Crippen molar-refractivity contribution in [1.29, 1.82) is 0 Å². The maximum absolute atomic E-state index is 4.48. The topological polar surface area (TPSA) is 36.4 Å².